The summed E-state index contributed by atoms with van der Waals surface area (Å²) in [5.74, 6) is 0.761. The fraction of sp³-hybridized carbons (Fsp3) is 0.500. The molecular formula is C14H20N2O. The molecule has 3 nitrogen and oxygen atoms in total. The van der Waals surface area contributed by atoms with Gasteiger partial charge in [0.15, 0.2) is 5.78 Å². The van der Waals surface area contributed by atoms with Gasteiger partial charge in [0.25, 0.3) is 0 Å². The standard InChI is InChI=1S/C14H20N2O/c1-10-4-3-7-16(9-10)12-5-6-14(15)13(8-12)11(2)17/h5-6,8,10H,3-4,7,9,15H2,1-2H3/t10-/m0/s1. The van der Waals surface area contributed by atoms with Gasteiger partial charge >= 0.3 is 0 Å². The molecule has 0 amide bonds. The molecule has 0 saturated carbocycles. The minimum atomic E-state index is 0.0365. The number of nitrogens with two attached hydrogens (primary N) is 1. The predicted molar refractivity (Wildman–Crippen MR) is 71.5 cm³/mol. The van der Waals surface area contributed by atoms with Gasteiger partial charge in [-0.2, -0.15) is 0 Å². The van der Waals surface area contributed by atoms with Crippen molar-refractivity contribution in [2.45, 2.75) is 26.7 Å². The van der Waals surface area contributed by atoms with Crippen molar-refractivity contribution in [2.75, 3.05) is 23.7 Å². The highest BCUT2D eigenvalue weighted by molar-refractivity contribution is 6.00. The van der Waals surface area contributed by atoms with Gasteiger partial charge in [-0.15, -0.1) is 0 Å². The van der Waals surface area contributed by atoms with Crippen LogP contribution in [0.2, 0.25) is 0 Å². The molecule has 0 spiro atoms. The number of hydrogen-bond donors (Lipinski definition) is 1. The minimum Gasteiger partial charge on any atom is -0.398 e. The smallest absolute Gasteiger partial charge is 0.161 e. The summed E-state index contributed by atoms with van der Waals surface area (Å²) in [6.07, 6.45) is 2.52. The maximum absolute atomic E-state index is 11.5. The molecule has 1 atom stereocenters. The van der Waals surface area contributed by atoms with E-state index >= 15 is 0 Å². The Bertz CT molecular complexity index is 428. The zero-order chi connectivity index (χ0) is 12.4. The fourth-order valence-electron chi connectivity index (χ4n) is 2.47. The first-order chi connectivity index (χ1) is 8.08. The minimum absolute atomic E-state index is 0.0365. The Morgan fingerprint density at radius 3 is 2.88 bits per heavy atom. The van der Waals surface area contributed by atoms with Gasteiger partial charge in [0.2, 0.25) is 0 Å². The molecule has 0 bridgehead atoms. The maximum atomic E-state index is 11.5. The maximum Gasteiger partial charge on any atom is 0.161 e. The second kappa shape index (κ2) is 4.78. The molecule has 3 heteroatoms. The number of benzene rings is 1. The van der Waals surface area contributed by atoms with Crippen LogP contribution in [0.1, 0.15) is 37.0 Å². The van der Waals surface area contributed by atoms with Crippen molar-refractivity contribution in [3.63, 3.8) is 0 Å². The van der Waals surface area contributed by atoms with Crippen LogP contribution in [0, 0.1) is 5.92 Å². The lowest BCUT2D eigenvalue weighted by Gasteiger charge is -2.33. The van der Waals surface area contributed by atoms with Crippen molar-refractivity contribution in [3.05, 3.63) is 23.8 Å². The Morgan fingerprint density at radius 2 is 2.24 bits per heavy atom. The van der Waals surface area contributed by atoms with Crippen molar-refractivity contribution in [1.29, 1.82) is 0 Å². The molecular weight excluding hydrogens is 212 g/mol. The van der Waals surface area contributed by atoms with Crippen LogP contribution < -0.4 is 10.6 Å². The molecule has 92 valence electrons. The van der Waals surface area contributed by atoms with Crippen LogP contribution >= 0.6 is 0 Å². The second-order valence-corrected chi connectivity index (χ2v) is 5.02. The summed E-state index contributed by atoms with van der Waals surface area (Å²) in [7, 11) is 0. The molecule has 1 aromatic carbocycles. The van der Waals surface area contributed by atoms with Crippen LogP contribution in [0.4, 0.5) is 11.4 Å². The molecule has 0 unspecified atom stereocenters. The molecule has 17 heavy (non-hydrogen) atoms. The fourth-order valence-corrected chi connectivity index (χ4v) is 2.47. The highest BCUT2D eigenvalue weighted by Crippen LogP contribution is 2.26. The zero-order valence-corrected chi connectivity index (χ0v) is 10.6. The Hall–Kier alpha value is -1.51. The number of nitrogens with zero attached hydrogens (tertiary/aromatic N) is 1. The number of nitrogen functional groups attached to an aromatic ring is 1. The molecule has 1 fully saturated rings. The molecule has 1 aliphatic heterocycles. The largest absolute Gasteiger partial charge is 0.398 e. The van der Waals surface area contributed by atoms with E-state index in [-0.39, 0.29) is 5.78 Å². The first-order valence-corrected chi connectivity index (χ1v) is 6.23. The third kappa shape index (κ3) is 2.60. The molecule has 2 N–H and O–H groups in total. The van der Waals surface area contributed by atoms with Crippen molar-refractivity contribution < 1.29 is 4.79 Å². The van der Waals surface area contributed by atoms with Gasteiger partial charge in [-0.25, -0.2) is 0 Å². The number of carbonyl (C=O) groups excluding carboxylic acids is 1. The van der Waals surface area contributed by atoms with E-state index in [1.54, 1.807) is 6.92 Å². The molecule has 1 heterocycles. The van der Waals surface area contributed by atoms with Crippen LogP contribution in [-0.4, -0.2) is 18.9 Å². The van der Waals surface area contributed by atoms with Crippen molar-refractivity contribution in [3.8, 4) is 0 Å². The van der Waals surface area contributed by atoms with E-state index in [1.807, 2.05) is 18.2 Å². The molecule has 1 aromatic rings. The lowest BCUT2D eigenvalue weighted by molar-refractivity contribution is 0.101. The van der Waals surface area contributed by atoms with Crippen LogP contribution in [0.25, 0.3) is 0 Å². The van der Waals surface area contributed by atoms with Gasteiger partial charge in [0.05, 0.1) is 0 Å². The predicted octanol–water partition coefficient (Wildman–Crippen LogP) is 2.71. The summed E-state index contributed by atoms with van der Waals surface area (Å²) in [4.78, 5) is 13.8. The monoisotopic (exact) mass is 232 g/mol. The van der Waals surface area contributed by atoms with E-state index < -0.39 is 0 Å². The van der Waals surface area contributed by atoms with Crippen molar-refractivity contribution in [2.24, 2.45) is 5.92 Å². The number of ketones is 1. The molecule has 0 aromatic heterocycles. The Labute approximate surface area is 103 Å². The van der Waals surface area contributed by atoms with E-state index in [4.69, 9.17) is 5.73 Å². The third-order valence-corrected chi connectivity index (χ3v) is 3.44. The van der Waals surface area contributed by atoms with Crippen LogP contribution in [0.3, 0.4) is 0 Å². The quantitative estimate of drug-likeness (QED) is 0.630. The van der Waals surface area contributed by atoms with Gasteiger partial charge in [-0.3, -0.25) is 4.79 Å². The van der Waals surface area contributed by atoms with Gasteiger partial charge in [-0.05, 0) is 43.9 Å². The molecule has 0 aliphatic carbocycles. The van der Waals surface area contributed by atoms with Gasteiger partial charge in [0, 0.05) is 30.0 Å². The number of anilines is 2. The number of piperidine rings is 1. The van der Waals surface area contributed by atoms with Crippen LogP contribution in [0.15, 0.2) is 18.2 Å². The average molecular weight is 232 g/mol. The molecule has 2 rings (SSSR count). The van der Waals surface area contributed by atoms with E-state index in [9.17, 15) is 4.79 Å². The normalized spacial score (nSPS) is 20.4. The first kappa shape index (κ1) is 12.0. The highest BCUT2D eigenvalue weighted by atomic mass is 16.1. The average Bonchev–Trinajstić information content (AvgIpc) is 2.29. The van der Waals surface area contributed by atoms with E-state index in [2.05, 4.69) is 11.8 Å². The number of carbonyl (C=O) groups is 1. The molecule has 1 saturated heterocycles. The van der Waals surface area contributed by atoms with Gasteiger partial charge < -0.3 is 10.6 Å². The lowest BCUT2D eigenvalue weighted by Crippen LogP contribution is -2.34. The van der Waals surface area contributed by atoms with Gasteiger partial charge in [-0.1, -0.05) is 6.92 Å². The highest BCUT2D eigenvalue weighted by Gasteiger charge is 2.17. The summed E-state index contributed by atoms with van der Waals surface area (Å²) < 4.78 is 0. The topological polar surface area (TPSA) is 46.3 Å². The summed E-state index contributed by atoms with van der Waals surface area (Å²) in [6.45, 7) is 5.98. The number of rotatable bonds is 2. The summed E-state index contributed by atoms with van der Waals surface area (Å²) in [5, 5.41) is 0. The Balaban J connectivity index is 2.26. The van der Waals surface area contributed by atoms with Crippen LogP contribution in [0.5, 0.6) is 0 Å². The van der Waals surface area contributed by atoms with E-state index in [0.29, 0.717) is 11.3 Å². The van der Waals surface area contributed by atoms with E-state index in [1.165, 1.54) is 12.8 Å². The second-order valence-electron chi connectivity index (χ2n) is 5.02. The number of Topliss-reactive ketones (excluding diaryl/α,β-unsaturated/α-hetero) is 1. The number of hydrogen-bond acceptors (Lipinski definition) is 3. The van der Waals surface area contributed by atoms with Crippen molar-refractivity contribution >= 4 is 17.2 Å². The Morgan fingerprint density at radius 1 is 1.47 bits per heavy atom. The lowest BCUT2D eigenvalue weighted by atomic mass is 9.99. The van der Waals surface area contributed by atoms with Crippen molar-refractivity contribution in [1.82, 2.24) is 0 Å². The molecule has 0 radical (unpaired) electrons. The van der Waals surface area contributed by atoms with Gasteiger partial charge in [0.1, 0.15) is 0 Å². The zero-order valence-electron chi connectivity index (χ0n) is 10.6. The summed E-state index contributed by atoms with van der Waals surface area (Å²) >= 11 is 0. The third-order valence-electron chi connectivity index (χ3n) is 3.44. The summed E-state index contributed by atoms with van der Waals surface area (Å²) in [6, 6.07) is 5.78. The van der Waals surface area contributed by atoms with Crippen LogP contribution in [-0.2, 0) is 0 Å². The molecule has 1 aliphatic rings. The summed E-state index contributed by atoms with van der Waals surface area (Å²) in [5.41, 5.74) is 8.14. The first-order valence-electron chi connectivity index (χ1n) is 6.23. The SMILES string of the molecule is CC(=O)c1cc(N2CCC[C@H](C)C2)ccc1N. The van der Waals surface area contributed by atoms with E-state index in [0.717, 1.165) is 24.7 Å². The Kier molecular flexibility index (Phi) is 3.36.